The van der Waals surface area contributed by atoms with E-state index in [0.717, 1.165) is 11.1 Å². The van der Waals surface area contributed by atoms with Crippen LogP contribution < -0.4 is 0 Å². The highest BCUT2D eigenvalue weighted by Crippen LogP contribution is 2.27. The van der Waals surface area contributed by atoms with Gasteiger partial charge in [-0.25, -0.2) is 9.37 Å². The Morgan fingerprint density at radius 2 is 1.83 bits per heavy atom. The van der Waals surface area contributed by atoms with Crippen molar-refractivity contribution in [3.05, 3.63) is 53.0 Å². The molecule has 90 valence electrons. The summed E-state index contributed by atoms with van der Waals surface area (Å²) in [4.78, 5) is 4.38. The number of hydrogen-bond donors (Lipinski definition) is 1. The van der Waals surface area contributed by atoms with E-state index >= 15 is 0 Å². The minimum atomic E-state index is -0.290. The molecular formula is C13H8BrFN2O. The van der Waals surface area contributed by atoms with Crippen LogP contribution in [0.25, 0.3) is 16.9 Å². The van der Waals surface area contributed by atoms with Gasteiger partial charge in [-0.3, -0.25) is 4.40 Å². The average Bonchev–Trinajstić information content (AvgIpc) is 2.67. The van der Waals surface area contributed by atoms with Gasteiger partial charge in [-0.15, -0.1) is 0 Å². The molecule has 0 spiro atoms. The third kappa shape index (κ3) is 1.76. The molecule has 18 heavy (non-hydrogen) atoms. The standard InChI is InChI=1S/C13H8BrFN2O/c14-12-11-6-5-10(18)7-17(11)13(16-12)8-1-3-9(15)4-2-8/h1-7,18H. The fourth-order valence-electron chi connectivity index (χ4n) is 1.84. The van der Waals surface area contributed by atoms with Crippen LogP contribution in [-0.2, 0) is 0 Å². The second-order valence-electron chi connectivity index (χ2n) is 3.88. The van der Waals surface area contributed by atoms with Gasteiger partial charge in [-0.1, -0.05) is 0 Å². The predicted molar refractivity (Wildman–Crippen MR) is 70.0 cm³/mol. The van der Waals surface area contributed by atoms with Crippen molar-refractivity contribution in [2.75, 3.05) is 0 Å². The molecule has 1 N–H and O–H groups in total. The van der Waals surface area contributed by atoms with Crippen LogP contribution in [0, 0.1) is 5.82 Å². The number of pyridine rings is 1. The summed E-state index contributed by atoms with van der Waals surface area (Å²) < 4.78 is 15.3. The molecule has 0 fully saturated rings. The quantitative estimate of drug-likeness (QED) is 0.746. The van der Waals surface area contributed by atoms with E-state index in [1.54, 1.807) is 34.9 Å². The fraction of sp³-hybridized carbons (Fsp3) is 0. The van der Waals surface area contributed by atoms with Crippen LogP contribution in [0.15, 0.2) is 47.2 Å². The molecule has 0 aliphatic carbocycles. The van der Waals surface area contributed by atoms with Gasteiger partial charge < -0.3 is 5.11 Å². The van der Waals surface area contributed by atoms with Crippen molar-refractivity contribution in [2.24, 2.45) is 0 Å². The zero-order chi connectivity index (χ0) is 12.7. The molecule has 1 aromatic carbocycles. The van der Waals surface area contributed by atoms with E-state index in [0.29, 0.717) is 10.4 Å². The van der Waals surface area contributed by atoms with Gasteiger partial charge in [-0.05, 0) is 52.3 Å². The van der Waals surface area contributed by atoms with Crippen LogP contribution in [-0.4, -0.2) is 14.5 Å². The van der Waals surface area contributed by atoms with E-state index in [1.807, 2.05) is 0 Å². The molecule has 3 nitrogen and oxygen atoms in total. The molecular weight excluding hydrogens is 299 g/mol. The Balaban J connectivity index is 2.28. The van der Waals surface area contributed by atoms with Gasteiger partial charge >= 0.3 is 0 Å². The Morgan fingerprint density at radius 1 is 1.11 bits per heavy atom. The van der Waals surface area contributed by atoms with E-state index in [2.05, 4.69) is 20.9 Å². The summed E-state index contributed by atoms with van der Waals surface area (Å²) >= 11 is 3.37. The van der Waals surface area contributed by atoms with Crippen molar-refractivity contribution in [3.63, 3.8) is 0 Å². The molecule has 0 saturated carbocycles. The average molecular weight is 307 g/mol. The summed E-state index contributed by atoms with van der Waals surface area (Å²) in [6, 6.07) is 9.43. The molecule has 5 heteroatoms. The number of hydrogen-bond acceptors (Lipinski definition) is 2. The third-order valence-corrected chi connectivity index (χ3v) is 3.26. The maximum Gasteiger partial charge on any atom is 0.146 e. The van der Waals surface area contributed by atoms with Crippen molar-refractivity contribution in [2.45, 2.75) is 0 Å². The van der Waals surface area contributed by atoms with E-state index in [4.69, 9.17) is 0 Å². The first-order valence-electron chi connectivity index (χ1n) is 5.27. The van der Waals surface area contributed by atoms with Crippen molar-refractivity contribution >= 4 is 21.4 Å². The smallest absolute Gasteiger partial charge is 0.146 e. The lowest BCUT2D eigenvalue weighted by Gasteiger charge is -2.01. The maximum atomic E-state index is 12.9. The van der Waals surface area contributed by atoms with Crippen molar-refractivity contribution < 1.29 is 9.50 Å². The van der Waals surface area contributed by atoms with Gasteiger partial charge in [0.05, 0.1) is 11.7 Å². The highest BCUT2D eigenvalue weighted by molar-refractivity contribution is 9.10. The zero-order valence-corrected chi connectivity index (χ0v) is 10.7. The Kier molecular flexibility index (Phi) is 2.56. The van der Waals surface area contributed by atoms with Crippen molar-refractivity contribution in [3.8, 4) is 17.1 Å². The van der Waals surface area contributed by atoms with Crippen LogP contribution >= 0.6 is 15.9 Å². The van der Waals surface area contributed by atoms with Gasteiger partial charge in [-0.2, -0.15) is 0 Å². The molecule has 0 radical (unpaired) electrons. The number of imidazole rings is 1. The summed E-state index contributed by atoms with van der Waals surface area (Å²) in [5.41, 5.74) is 1.62. The van der Waals surface area contributed by atoms with Gasteiger partial charge in [0, 0.05) is 5.56 Å². The molecule has 0 aliphatic rings. The first-order valence-corrected chi connectivity index (χ1v) is 6.07. The zero-order valence-electron chi connectivity index (χ0n) is 9.14. The van der Waals surface area contributed by atoms with Crippen molar-refractivity contribution in [1.82, 2.24) is 9.38 Å². The number of benzene rings is 1. The highest BCUT2D eigenvalue weighted by Gasteiger charge is 2.11. The molecule has 0 saturated heterocycles. The lowest BCUT2D eigenvalue weighted by molar-refractivity contribution is 0.472. The largest absolute Gasteiger partial charge is 0.506 e. The van der Waals surface area contributed by atoms with Crippen LogP contribution in [0.3, 0.4) is 0 Å². The molecule has 0 atom stereocenters. The molecule has 2 aromatic heterocycles. The first kappa shape index (κ1) is 11.2. The Labute approximate surface area is 111 Å². The Bertz CT molecular complexity index is 722. The number of fused-ring (bicyclic) bond motifs is 1. The summed E-state index contributed by atoms with van der Waals surface area (Å²) in [5.74, 6) is 0.505. The summed E-state index contributed by atoms with van der Waals surface area (Å²) in [5, 5.41) is 9.53. The topological polar surface area (TPSA) is 37.5 Å². The van der Waals surface area contributed by atoms with Crippen LogP contribution in [0.2, 0.25) is 0 Å². The molecule has 3 rings (SSSR count). The number of halogens is 2. The second-order valence-corrected chi connectivity index (χ2v) is 4.63. The molecule has 2 heterocycles. The van der Waals surface area contributed by atoms with Gasteiger partial charge in [0.25, 0.3) is 0 Å². The van der Waals surface area contributed by atoms with E-state index in [9.17, 15) is 9.50 Å². The minimum absolute atomic E-state index is 0.149. The van der Waals surface area contributed by atoms with Crippen molar-refractivity contribution in [1.29, 1.82) is 0 Å². The molecule has 0 aliphatic heterocycles. The molecule has 3 aromatic rings. The Hall–Kier alpha value is -1.88. The van der Waals surface area contributed by atoms with Gasteiger partial charge in [0.1, 0.15) is 22.0 Å². The molecule has 0 bridgehead atoms. The van der Waals surface area contributed by atoms with E-state index < -0.39 is 0 Å². The monoisotopic (exact) mass is 306 g/mol. The number of rotatable bonds is 1. The highest BCUT2D eigenvalue weighted by atomic mass is 79.9. The molecule has 0 amide bonds. The number of aromatic hydroxyl groups is 1. The van der Waals surface area contributed by atoms with E-state index in [1.165, 1.54) is 12.1 Å². The van der Waals surface area contributed by atoms with Crippen LogP contribution in [0.5, 0.6) is 5.75 Å². The SMILES string of the molecule is Oc1ccc2c(Br)nc(-c3ccc(F)cc3)n2c1. The Morgan fingerprint density at radius 3 is 2.56 bits per heavy atom. The normalized spacial score (nSPS) is 11.0. The maximum absolute atomic E-state index is 12.9. The lowest BCUT2D eigenvalue weighted by Crippen LogP contribution is -1.89. The van der Waals surface area contributed by atoms with Crippen LogP contribution in [0.1, 0.15) is 0 Å². The molecule has 0 unspecified atom stereocenters. The summed E-state index contributed by atoms with van der Waals surface area (Å²) in [6.45, 7) is 0. The van der Waals surface area contributed by atoms with Gasteiger partial charge in [0.15, 0.2) is 0 Å². The van der Waals surface area contributed by atoms with Gasteiger partial charge in [0.2, 0.25) is 0 Å². The lowest BCUT2D eigenvalue weighted by atomic mass is 10.2. The first-order chi connectivity index (χ1) is 8.65. The van der Waals surface area contributed by atoms with Crippen LogP contribution in [0.4, 0.5) is 4.39 Å². The number of nitrogens with zero attached hydrogens (tertiary/aromatic N) is 2. The fourth-order valence-corrected chi connectivity index (χ4v) is 2.33. The third-order valence-electron chi connectivity index (χ3n) is 2.68. The summed E-state index contributed by atoms with van der Waals surface area (Å²) in [7, 11) is 0. The second kappa shape index (κ2) is 4.10. The minimum Gasteiger partial charge on any atom is -0.506 e. The predicted octanol–water partition coefficient (Wildman–Crippen LogP) is 3.61. The van der Waals surface area contributed by atoms with E-state index in [-0.39, 0.29) is 11.6 Å². The number of aromatic nitrogens is 2. The summed E-state index contributed by atoms with van der Waals surface area (Å²) in [6.07, 6.45) is 1.58.